The van der Waals surface area contributed by atoms with E-state index >= 15 is 0 Å². The number of carbonyl (C=O) groups excluding carboxylic acids is 6. The van der Waals surface area contributed by atoms with E-state index in [1.54, 1.807) is 31.3 Å². The number of carboxylic acid groups (broad SMARTS) is 6. The van der Waals surface area contributed by atoms with Crippen molar-refractivity contribution in [3.8, 4) is 6.19 Å². The number of rotatable bonds is 14. The van der Waals surface area contributed by atoms with Crippen LogP contribution in [0.25, 0.3) is 0 Å². The maximum absolute atomic E-state index is 9.63. The van der Waals surface area contributed by atoms with E-state index < -0.39 is 72.4 Å². The number of imidazole rings is 1. The van der Waals surface area contributed by atoms with E-state index in [1.807, 2.05) is 6.92 Å². The molecule has 0 aliphatic heterocycles. The van der Waals surface area contributed by atoms with E-state index in [-0.39, 0.29) is 52.4 Å². The number of aliphatic hydroxyl groups excluding tert-OH is 6. The molecule has 1 heterocycles. The van der Waals surface area contributed by atoms with Crippen molar-refractivity contribution in [1.82, 2.24) is 20.6 Å². The standard InChI is InChI=1S/C10H16N6S.3C4H6O6.2Bi/c1-8-9(16-7-15-8)5-17-4-3-13-10(12-2)14-6-11;3*5-1(3(7)8)2(6)4(9)10;;/h7H,3-5H2,1-2H3,(H,15,16)(H2,12,13,14);3*1-2,5-6H,(H,7,8)(H,9,10);;/q;;;;2*+3/p-6. The van der Waals surface area contributed by atoms with Crippen LogP contribution in [-0.2, 0) is 34.5 Å². The Bertz CT molecular complexity index is 1110. The number of hydrogen-bond donors (Lipinski definition) is 9. The maximum Gasteiger partial charge on any atom is 3.00 e. The van der Waals surface area contributed by atoms with Gasteiger partial charge in [0.15, 0.2) is 0 Å². The van der Waals surface area contributed by atoms with Crippen LogP contribution >= 0.6 is 11.8 Å². The fourth-order valence-electron chi connectivity index (χ4n) is 1.95. The molecular formula is C22H28Bi2N6O18S. The first-order valence-corrected chi connectivity index (χ1v) is 13.1. The molecule has 24 nitrogen and oxygen atoms in total. The number of aromatic nitrogens is 2. The summed E-state index contributed by atoms with van der Waals surface area (Å²) in [6, 6.07) is 0. The molecule has 4 radical (unpaired) electrons. The Morgan fingerprint density at radius 3 is 1.35 bits per heavy atom. The summed E-state index contributed by atoms with van der Waals surface area (Å²) in [4.78, 5) is 68.6. The summed E-state index contributed by atoms with van der Waals surface area (Å²) >= 11 is 1.79. The van der Waals surface area contributed by atoms with Gasteiger partial charge in [-0.25, -0.2) is 4.98 Å². The van der Waals surface area contributed by atoms with E-state index in [2.05, 4.69) is 25.6 Å². The quantitative estimate of drug-likeness (QED) is 0.0275. The zero-order valence-electron chi connectivity index (χ0n) is 24.9. The summed E-state index contributed by atoms with van der Waals surface area (Å²) in [5.41, 5.74) is 2.21. The van der Waals surface area contributed by atoms with Gasteiger partial charge in [0.25, 0.3) is 0 Å². The number of nitriles is 1. The zero-order valence-corrected chi connectivity index (χ0v) is 32.7. The molecule has 0 saturated heterocycles. The van der Waals surface area contributed by atoms with Gasteiger partial charge in [-0.3, -0.25) is 0 Å². The smallest absolute Gasteiger partial charge is 0.547 e. The largest absolute Gasteiger partial charge is 3.00 e. The van der Waals surface area contributed by atoms with Crippen LogP contribution in [0.2, 0.25) is 0 Å². The number of aliphatic imine (C=N–C) groups is 1. The molecule has 1 rings (SSSR count). The molecule has 1 aromatic heterocycles. The number of aromatic amines is 1. The van der Waals surface area contributed by atoms with Crippen LogP contribution in [0.4, 0.5) is 0 Å². The molecule has 0 fully saturated rings. The molecule has 49 heavy (non-hydrogen) atoms. The van der Waals surface area contributed by atoms with Crippen molar-refractivity contribution in [2.24, 2.45) is 4.99 Å². The minimum Gasteiger partial charge on any atom is -0.547 e. The van der Waals surface area contributed by atoms with Gasteiger partial charge in [-0.2, -0.15) is 17.0 Å². The van der Waals surface area contributed by atoms with Gasteiger partial charge in [-0.1, -0.05) is 0 Å². The van der Waals surface area contributed by atoms with Gasteiger partial charge < -0.3 is 106 Å². The van der Waals surface area contributed by atoms with E-state index in [0.29, 0.717) is 5.96 Å². The fraction of sp³-hybridized carbons (Fsp3) is 0.500. The predicted molar refractivity (Wildman–Crippen MR) is 147 cm³/mol. The normalized spacial score (nSPS) is 13.5. The minimum atomic E-state index is -2.44. The fourth-order valence-corrected chi connectivity index (χ4v) is 2.83. The molecule has 6 unspecified atom stereocenters. The van der Waals surface area contributed by atoms with Gasteiger partial charge >= 0.3 is 52.4 Å². The summed E-state index contributed by atoms with van der Waals surface area (Å²) in [5, 5.41) is 121. The number of aryl methyl sites for hydroxylation is 1. The molecule has 9 N–H and O–H groups in total. The molecule has 27 heteroatoms. The van der Waals surface area contributed by atoms with Crippen LogP contribution in [0.15, 0.2) is 11.3 Å². The number of aliphatic hydroxyl groups is 6. The third-order valence-electron chi connectivity index (χ3n) is 4.46. The third kappa shape index (κ3) is 26.2. The number of carbonyl (C=O) groups is 6. The zero-order chi connectivity index (χ0) is 37.4. The van der Waals surface area contributed by atoms with Crippen molar-refractivity contribution >= 4 is 106 Å². The summed E-state index contributed by atoms with van der Waals surface area (Å²) in [7, 11) is 1.73. The molecule has 0 aliphatic carbocycles. The van der Waals surface area contributed by atoms with Crippen molar-refractivity contribution in [3.63, 3.8) is 0 Å². The molecule has 6 atom stereocenters. The van der Waals surface area contributed by atoms with Crippen molar-refractivity contribution in [1.29, 1.82) is 5.26 Å². The molecule has 0 amide bonds. The first-order chi connectivity index (χ1) is 21.7. The van der Waals surface area contributed by atoms with Crippen molar-refractivity contribution in [2.45, 2.75) is 49.3 Å². The molecular weight excluding hydrogens is 1090 g/mol. The second kappa shape index (κ2) is 30.7. The first-order valence-electron chi connectivity index (χ1n) is 12.0. The van der Waals surface area contributed by atoms with Crippen LogP contribution in [0.1, 0.15) is 11.4 Å². The average molecular weight is 1110 g/mol. The monoisotopic (exact) mass is 1110 g/mol. The van der Waals surface area contributed by atoms with Crippen molar-refractivity contribution in [3.05, 3.63) is 17.7 Å². The van der Waals surface area contributed by atoms with Crippen LogP contribution in [-0.4, -0.2) is 191 Å². The van der Waals surface area contributed by atoms with Crippen molar-refractivity contribution < 1.29 is 90.0 Å². The van der Waals surface area contributed by atoms with Gasteiger partial charge in [-0.15, -0.1) is 4.99 Å². The van der Waals surface area contributed by atoms with Gasteiger partial charge in [0, 0.05) is 30.8 Å². The topological polar surface area (TPSA) is 451 Å². The van der Waals surface area contributed by atoms with Gasteiger partial charge in [0.2, 0.25) is 12.2 Å². The van der Waals surface area contributed by atoms with Crippen LogP contribution in [0, 0.1) is 18.4 Å². The van der Waals surface area contributed by atoms with Gasteiger partial charge in [0.1, 0.15) is 36.6 Å². The van der Waals surface area contributed by atoms with E-state index in [0.717, 1.165) is 29.4 Å². The summed E-state index contributed by atoms with van der Waals surface area (Å²) in [5.74, 6) is -10.0. The molecule has 1 aromatic rings. The molecule has 0 spiro atoms. The molecule has 270 valence electrons. The Morgan fingerprint density at radius 1 is 0.796 bits per heavy atom. The van der Waals surface area contributed by atoms with E-state index in [4.69, 9.17) is 35.9 Å². The van der Waals surface area contributed by atoms with Gasteiger partial charge in [-0.05, 0) is 6.92 Å². The number of guanidine groups is 1. The maximum atomic E-state index is 9.63. The number of nitrogens with one attached hydrogen (secondary N) is 3. The summed E-state index contributed by atoms with van der Waals surface area (Å²) < 4.78 is 0. The Balaban J connectivity index is -0.000000179. The third-order valence-corrected chi connectivity index (χ3v) is 5.43. The molecule has 0 bridgehead atoms. The second-order valence-electron chi connectivity index (χ2n) is 7.85. The number of H-pyrrole nitrogens is 1. The number of nitrogens with zero attached hydrogens (tertiary/aromatic N) is 3. The molecule has 0 saturated carbocycles. The number of aliphatic carboxylic acids is 6. The number of hydrogen-bond acceptors (Lipinski definition) is 22. The average Bonchev–Trinajstić information content (AvgIpc) is 3.42. The Labute approximate surface area is 317 Å². The van der Waals surface area contributed by atoms with Crippen LogP contribution in [0.3, 0.4) is 0 Å². The van der Waals surface area contributed by atoms with Crippen LogP contribution in [0.5, 0.6) is 0 Å². The SMILES string of the molecule is CN/C(=N/C#N)NCCSCc1nc[nH]c1C.O=C([O-])C(O)C(O)C(=O)[O-].O=C([O-])C(O)C(O)C(=O)[O-].O=C([O-])C(O)C(O)C(=O)[O-].[Bi+3].[Bi+3]. The Morgan fingerprint density at radius 2 is 1.12 bits per heavy atom. The van der Waals surface area contributed by atoms with E-state index in [9.17, 15) is 59.4 Å². The number of carboxylic acids is 6. The van der Waals surface area contributed by atoms with Gasteiger partial charge in [0.05, 0.1) is 47.8 Å². The second-order valence-corrected chi connectivity index (χ2v) is 8.95. The van der Waals surface area contributed by atoms with Crippen molar-refractivity contribution in [2.75, 3.05) is 19.3 Å². The number of thioether (sulfide) groups is 1. The first kappa shape index (κ1) is 55.1. The molecule has 0 aliphatic rings. The Kier molecular flexibility index (Phi) is 34.5. The summed E-state index contributed by atoms with van der Waals surface area (Å²) in [6.45, 7) is 2.77. The van der Waals surface area contributed by atoms with E-state index in [1.165, 1.54) is 0 Å². The Hall–Kier alpha value is -3.33. The van der Waals surface area contributed by atoms with Crippen LogP contribution < -0.4 is 41.3 Å². The minimum absolute atomic E-state index is 0. The summed E-state index contributed by atoms with van der Waals surface area (Å²) in [6.07, 6.45) is -11.2. The predicted octanol–water partition coefficient (Wildman–Crippen LogP) is -14.5. The molecule has 0 aromatic carbocycles.